The first kappa shape index (κ1) is 29.8. The molecule has 3 atom stereocenters. The number of H-pyrrole nitrogens is 1. The van der Waals surface area contributed by atoms with Crippen LogP contribution in [-0.4, -0.2) is 63.6 Å². The topological polar surface area (TPSA) is 187 Å². The first-order valence-electron chi connectivity index (χ1n) is 13.4. The van der Waals surface area contributed by atoms with Gasteiger partial charge >= 0.3 is 5.97 Å². The average Bonchev–Trinajstić information content (AvgIpc) is 3.40. The Morgan fingerprint density at radius 3 is 1.93 bits per heavy atom. The molecule has 8 N–H and O–H groups in total. The summed E-state index contributed by atoms with van der Waals surface area (Å²) >= 11 is 0. The number of para-hydroxylation sites is 1. The third kappa shape index (κ3) is 7.95. The molecular weight excluding hydrogens is 538 g/mol. The van der Waals surface area contributed by atoms with Crippen LogP contribution in [0.4, 0.5) is 0 Å². The number of aromatic nitrogens is 1. The second-order valence-corrected chi connectivity index (χ2v) is 9.91. The van der Waals surface area contributed by atoms with Gasteiger partial charge in [-0.05, 0) is 34.9 Å². The number of amides is 3. The highest BCUT2D eigenvalue weighted by Gasteiger charge is 2.30. The summed E-state index contributed by atoms with van der Waals surface area (Å²) in [6, 6.07) is 19.0. The minimum atomic E-state index is -1.28. The SMILES string of the molecule is NCC(=O)NC(Cc1ccccc1)C(=O)NC(Cc1ccc(O)cc1)C(=O)NC(Cc1c[nH]c2ccccc12)C(=O)O. The first-order chi connectivity index (χ1) is 20.2. The second kappa shape index (κ2) is 14.0. The summed E-state index contributed by atoms with van der Waals surface area (Å²) in [7, 11) is 0. The maximum absolute atomic E-state index is 13.6. The van der Waals surface area contributed by atoms with Gasteiger partial charge < -0.3 is 36.9 Å². The highest BCUT2D eigenvalue weighted by atomic mass is 16.4. The highest BCUT2D eigenvalue weighted by Crippen LogP contribution is 2.19. The third-order valence-corrected chi connectivity index (χ3v) is 6.84. The Hall–Kier alpha value is -5.16. The van der Waals surface area contributed by atoms with E-state index in [1.54, 1.807) is 42.6 Å². The van der Waals surface area contributed by atoms with Gasteiger partial charge in [0, 0.05) is 36.4 Å². The molecular formula is C31H33N5O6. The summed E-state index contributed by atoms with van der Waals surface area (Å²) in [5.41, 5.74) is 8.41. The maximum atomic E-state index is 13.6. The lowest BCUT2D eigenvalue weighted by atomic mass is 10.0. The predicted molar refractivity (Wildman–Crippen MR) is 156 cm³/mol. The van der Waals surface area contributed by atoms with Crippen LogP contribution >= 0.6 is 0 Å². The number of nitrogens with one attached hydrogen (secondary N) is 4. The number of phenols is 1. The second-order valence-electron chi connectivity index (χ2n) is 9.91. The van der Waals surface area contributed by atoms with E-state index >= 15 is 0 Å². The minimum absolute atomic E-state index is 0.000169. The normalized spacial score (nSPS) is 13.1. The standard InChI is InChI=1S/C31H33N5O6/c32-17-28(38)34-25(14-19-6-2-1-3-7-19)29(39)35-26(15-20-10-12-22(37)13-11-20)30(40)36-27(31(41)42)16-21-18-33-24-9-5-4-8-23(21)24/h1-13,18,25-27,33,37H,14-17,32H2,(H,34,38)(H,35,39)(H,36,40)(H,41,42). The zero-order valence-electron chi connectivity index (χ0n) is 22.7. The number of phenolic OH excluding ortho intramolecular Hbond substituents is 1. The van der Waals surface area contributed by atoms with Crippen molar-refractivity contribution in [2.24, 2.45) is 5.73 Å². The van der Waals surface area contributed by atoms with Crippen LogP contribution in [-0.2, 0) is 38.4 Å². The van der Waals surface area contributed by atoms with Crippen molar-refractivity contribution >= 4 is 34.6 Å². The molecule has 0 saturated carbocycles. The largest absolute Gasteiger partial charge is 0.508 e. The molecule has 218 valence electrons. The van der Waals surface area contributed by atoms with Gasteiger partial charge in [0.1, 0.15) is 23.9 Å². The molecule has 3 amide bonds. The van der Waals surface area contributed by atoms with E-state index in [4.69, 9.17) is 5.73 Å². The number of rotatable bonds is 13. The van der Waals surface area contributed by atoms with Crippen LogP contribution in [0.15, 0.2) is 85.1 Å². The van der Waals surface area contributed by atoms with Gasteiger partial charge in [-0.3, -0.25) is 14.4 Å². The van der Waals surface area contributed by atoms with Gasteiger partial charge in [-0.25, -0.2) is 4.79 Å². The molecule has 0 aliphatic carbocycles. The number of aromatic amines is 1. The van der Waals surface area contributed by atoms with Crippen molar-refractivity contribution in [3.8, 4) is 5.75 Å². The number of hydrogen-bond donors (Lipinski definition) is 7. The van der Waals surface area contributed by atoms with Crippen LogP contribution in [0.2, 0.25) is 0 Å². The van der Waals surface area contributed by atoms with E-state index < -0.39 is 41.8 Å². The van der Waals surface area contributed by atoms with Crippen molar-refractivity contribution < 1.29 is 29.4 Å². The molecule has 0 radical (unpaired) electrons. The zero-order chi connectivity index (χ0) is 30.1. The molecule has 4 aromatic rings. The Balaban J connectivity index is 1.56. The highest BCUT2D eigenvalue weighted by molar-refractivity contribution is 5.94. The van der Waals surface area contributed by atoms with Crippen LogP contribution in [0.3, 0.4) is 0 Å². The molecule has 1 heterocycles. The van der Waals surface area contributed by atoms with E-state index in [9.17, 15) is 29.4 Å². The summed E-state index contributed by atoms with van der Waals surface area (Å²) in [4.78, 5) is 54.5. The molecule has 11 nitrogen and oxygen atoms in total. The molecule has 0 bridgehead atoms. The summed E-state index contributed by atoms with van der Waals surface area (Å²) in [5, 5.41) is 28.3. The summed E-state index contributed by atoms with van der Waals surface area (Å²) in [6.07, 6.45) is 1.86. The number of hydrogen-bond acceptors (Lipinski definition) is 6. The predicted octanol–water partition coefficient (Wildman–Crippen LogP) is 1.40. The molecule has 3 aromatic carbocycles. The smallest absolute Gasteiger partial charge is 0.326 e. The number of carbonyl (C=O) groups is 4. The monoisotopic (exact) mass is 571 g/mol. The van der Waals surface area contributed by atoms with E-state index in [0.717, 1.165) is 16.5 Å². The van der Waals surface area contributed by atoms with Gasteiger partial charge in [-0.1, -0.05) is 60.7 Å². The number of fused-ring (bicyclic) bond motifs is 1. The molecule has 0 aliphatic heterocycles. The molecule has 3 unspecified atom stereocenters. The molecule has 4 rings (SSSR count). The van der Waals surface area contributed by atoms with Crippen LogP contribution in [0, 0.1) is 0 Å². The van der Waals surface area contributed by atoms with Gasteiger partial charge in [0.05, 0.1) is 6.54 Å². The fourth-order valence-corrected chi connectivity index (χ4v) is 4.65. The van der Waals surface area contributed by atoms with E-state index in [1.165, 1.54) is 12.1 Å². The minimum Gasteiger partial charge on any atom is -0.508 e. The number of aromatic hydroxyl groups is 1. The van der Waals surface area contributed by atoms with Crippen molar-refractivity contribution in [3.05, 3.63) is 102 Å². The number of aliphatic carboxylic acids is 1. The Morgan fingerprint density at radius 1 is 0.714 bits per heavy atom. The molecule has 42 heavy (non-hydrogen) atoms. The van der Waals surface area contributed by atoms with Crippen molar-refractivity contribution in [2.75, 3.05) is 6.54 Å². The van der Waals surface area contributed by atoms with Crippen molar-refractivity contribution in [2.45, 2.75) is 37.4 Å². The van der Waals surface area contributed by atoms with Crippen LogP contribution in [0.5, 0.6) is 5.75 Å². The third-order valence-electron chi connectivity index (χ3n) is 6.84. The fraction of sp³-hybridized carbons (Fsp3) is 0.226. The average molecular weight is 572 g/mol. The quantitative estimate of drug-likeness (QED) is 0.126. The molecule has 11 heteroatoms. The summed E-state index contributed by atoms with van der Waals surface area (Å²) in [6.45, 7) is -0.329. The fourth-order valence-electron chi connectivity index (χ4n) is 4.65. The summed E-state index contributed by atoms with van der Waals surface area (Å²) in [5.74, 6) is -3.10. The van der Waals surface area contributed by atoms with Crippen LogP contribution in [0.1, 0.15) is 16.7 Å². The van der Waals surface area contributed by atoms with Gasteiger partial charge in [0.2, 0.25) is 17.7 Å². The lowest BCUT2D eigenvalue weighted by molar-refractivity contribution is -0.142. The maximum Gasteiger partial charge on any atom is 0.326 e. The number of nitrogens with two attached hydrogens (primary N) is 1. The Kier molecular flexibility index (Phi) is 9.90. The Bertz CT molecular complexity index is 1540. The lowest BCUT2D eigenvalue weighted by Gasteiger charge is -2.25. The van der Waals surface area contributed by atoms with Gasteiger partial charge in [0.25, 0.3) is 0 Å². The first-order valence-corrected chi connectivity index (χ1v) is 13.4. The molecule has 0 spiro atoms. The van der Waals surface area contributed by atoms with Crippen molar-refractivity contribution in [1.82, 2.24) is 20.9 Å². The number of carboxylic acid groups (broad SMARTS) is 1. The van der Waals surface area contributed by atoms with E-state index in [1.807, 2.05) is 30.3 Å². The number of carboxylic acids is 1. The lowest BCUT2D eigenvalue weighted by Crippen LogP contribution is -2.57. The van der Waals surface area contributed by atoms with Crippen molar-refractivity contribution in [1.29, 1.82) is 0 Å². The summed E-state index contributed by atoms with van der Waals surface area (Å²) < 4.78 is 0. The molecule has 0 aliphatic rings. The van der Waals surface area contributed by atoms with E-state index in [0.29, 0.717) is 11.1 Å². The molecule has 0 saturated heterocycles. The van der Waals surface area contributed by atoms with Crippen LogP contribution < -0.4 is 21.7 Å². The molecule has 0 fully saturated rings. The van der Waals surface area contributed by atoms with Crippen molar-refractivity contribution in [3.63, 3.8) is 0 Å². The van der Waals surface area contributed by atoms with Crippen LogP contribution in [0.25, 0.3) is 10.9 Å². The van der Waals surface area contributed by atoms with E-state index in [-0.39, 0.29) is 31.6 Å². The van der Waals surface area contributed by atoms with Gasteiger partial charge in [-0.2, -0.15) is 0 Å². The van der Waals surface area contributed by atoms with E-state index in [2.05, 4.69) is 20.9 Å². The number of benzene rings is 3. The zero-order valence-corrected chi connectivity index (χ0v) is 22.7. The Labute approximate surface area is 242 Å². The van der Waals surface area contributed by atoms with Gasteiger partial charge in [0.15, 0.2) is 0 Å². The number of carbonyl (C=O) groups excluding carboxylic acids is 3. The molecule has 1 aromatic heterocycles. The Morgan fingerprint density at radius 2 is 1.29 bits per heavy atom. The van der Waals surface area contributed by atoms with Gasteiger partial charge in [-0.15, -0.1) is 0 Å².